The number of furan rings is 1. The van der Waals surface area contributed by atoms with Gasteiger partial charge in [-0.2, -0.15) is 0 Å². The van der Waals surface area contributed by atoms with E-state index < -0.39 is 0 Å². The third-order valence-corrected chi connectivity index (χ3v) is 2.33. The van der Waals surface area contributed by atoms with Gasteiger partial charge >= 0.3 is 0 Å². The highest BCUT2D eigenvalue weighted by Gasteiger charge is 2.09. The van der Waals surface area contributed by atoms with Crippen molar-refractivity contribution in [3.8, 4) is 0 Å². The second kappa shape index (κ2) is 4.31. The van der Waals surface area contributed by atoms with Crippen molar-refractivity contribution in [2.45, 2.75) is 13.3 Å². The summed E-state index contributed by atoms with van der Waals surface area (Å²) in [6.07, 6.45) is 1.71. The molecule has 0 amide bonds. The van der Waals surface area contributed by atoms with Crippen molar-refractivity contribution in [2.24, 2.45) is 0 Å². The van der Waals surface area contributed by atoms with Gasteiger partial charge in [0.1, 0.15) is 17.8 Å². The van der Waals surface area contributed by atoms with Gasteiger partial charge in [0.05, 0.1) is 5.56 Å². The SMILES string of the molecule is Cc1cc(C(=O)Cc2ccc(F)cc2)co1. The van der Waals surface area contributed by atoms with Crippen LogP contribution in [0.3, 0.4) is 0 Å². The Morgan fingerprint density at radius 3 is 2.56 bits per heavy atom. The summed E-state index contributed by atoms with van der Waals surface area (Å²) >= 11 is 0. The molecule has 0 bridgehead atoms. The summed E-state index contributed by atoms with van der Waals surface area (Å²) in [6, 6.07) is 7.62. The van der Waals surface area contributed by atoms with Crippen LogP contribution in [-0.2, 0) is 6.42 Å². The van der Waals surface area contributed by atoms with Gasteiger partial charge in [-0.15, -0.1) is 0 Å². The van der Waals surface area contributed by atoms with Gasteiger partial charge in [0.25, 0.3) is 0 Å². The smallest absolute Gasteiger partial charge is 0.170 e. The van der Waals surface area contributed by atoms with Crippen LogP contribution in [0.4, 0.5) is 4.39 Å². The molecule has 0 unspecified atom stereocenters. The van der Waals surface area contributed by atoms with Gasteiger partial charge in [-0.05, 0) is 30.7 Å². The lowest BCUT2D eigenvalue weighted by Crippen LogP contribution is -2.01. The van der Waals surface area contributed by atoms with Gasteiger partial charge < -0.3 is 4.42 Å². The van der Waals surface area contributed by atoms with Crippen molar-refractivity contribution < 1.29 is 13.6 Å². The van der Waals surface area contributed by atoms with E-state index in [2.05, 4.69) is 0 Å². The van der Waals surface area contributed by atoms with Crippen LogP contribution < -0.4 is 0 Å². The topological polar surface area (TPSA) is 30.2 Å². The molecule has 2 rings (SSSR count). The van der Waals surface area contributed by atoms with Crippen LogP contribution in [0.1, 0.15) is 21.7 Å². The minimum Gasteiger partial charge on any atom is -0.469 e. The van der Waals surface area contributed by atoms with Crippen molar-refractivity contribution in [3.63, 3.8) is 0 Å². The van der Waals surface area contributed by atoms with E-state index in [4.69, 9.17) is 4.42 Å². The van der Waals surface area contributed by atoms with Crippen molar-refractivity contribution in [1.82, 2.24) is 0 Å². The van der Waals surface area contributed by atoms with Gasteiger partial charge in [0.2, 0.25) is 0 Å². The number of Topliss-reactive ketones (excluding diaryl/α,β-unsaturated/α-hetero) is 1. The lowest BCUT2D eigenvalue weighted by atomic mass is 10.1. The fourth-order valence-corrected chi connectivity index (χ4v) is 1.48. The minimum absolute atomic E-state index is 0.0246. The number of hydrogen-bond acceptors (Lipinski definition) is 2. The summed E-state index contributed by atoms with van der Waals surface area (Å²) in [5, 5.41) is 0. The second-order valence-electron chi connectivity index (χ2n) is 3.67. The molecule has 0 aliphatic heterocycles. The molecule has 2 aromatic rings. The number of hydrogen-bond donors (Lipinski definition) is 0. The van der Waals surface area contributed by atoms with Gasteiger partial charge in [-0.25, -0.2) is 4.39 Å². The lowest BCUT2D eigenvalue weighted by molar-refractivity contribution is 0.0992. The first kappa shape index (κ1) is 10.6. The van der Waals surface area contributed by atoms with E-state index in [0.29, 0.717) is 11.3 Å². The monoisotopic (exact) mass is 218 g/mol. The summed E-state index contributed by atoms with van der Waals surface area (Å²) in [6.45, 7) is 1.79. The molecule has 0 saturated carbocycles. The fourth-order valence-electron chi connectivity index (χ4n) is 1.48. The molecule has 16 heavy (non-hydrogen) atoms. The first-order valence-electron chi connectivity index (χ1n) is 4.98. The van der Waals surface area contributed by atoms with Crippen LogP contribution in [0.2, 0.25) is 0 Å². The Labute approximate surface area is 92.7 Å². The van der Waals surface area contributed by atoms with Crippen molar-refractivity contribution in [3.05, 3.63) is 59.3 Å². The van der Waals surface area contributed by atoms with Crippen LogP contribution >= 0.6 is 0 Å². The molecule has 0 N–H and O–H groups in total. The predicted octanol–water partition coefficient (Wildman–Crippen LogP) is 3.15. The summed E-state index contributed by atoms with van der Waals surface area (Å²) in [5.41, 5.74) is 1.35. The zero-order valence-corrected chi connectivity index (χ0v) is 8.87. The molecule has 2 nitrogen and oxygen atoms in total. The molecule has 0 saturated heterocycles. The predicted molar refractivity (Wildman–Crippen MR) is 57.9 cm³/mol. The van der Waals surface area contributed by atoms with Crippen LogP contribution in [-0.4, -0.2) is 5.78 Å². The molecular formula is C13H11FO2. The second-order valence-corrected chi connectivity index (χ2v) is 3.67. The van der Waals surface area contributed by atoms with Crippen LogP contribution in [0.5, 0.6) is 0 Å². The molecule has 82 valence electrons. The van der Waals surface area contributed by atoms with Crippen molar-refractivity contribution in [1.29, 1.82) is 0 Å². The molecule has 1 aromatic carbocycles. The zero-order valence-electron chi connectivity index (χ0n) is 8.87. The van der Waals surface area contributed by atoms with Crippen molar-refractivity contribution >= 4 is 5.78 Å². The Morgan fingerprint density at radius 1 is 1.31 bits per heavy atom. The molecular weight excluding hydrogens is 207 g/mol. The Balaban J connectivity index is 2.10. The Bertz CT molecular complexity index is 497. The van der Waals surface area contributed by atoms with Gasteiger partial charge in [0.15, 0.2) is 5.78 Å². The van der Waals surface area contributed by atoms with E-state index in [1.807, 2.05) is 0 Å². The summed E-state index contributed by atoms with van der Waals surface area (Å²) < 4.78 is 17.7. The quantitative estimate of drug-likeness (QED) is 0.741. The van der Waals surface area contributed by atoms with Crippen molar-refractivity contribution in [2.75, 3.05) is 0 Å². The van der Waals surface area contributed by atoms with Crippen LogP contribution in [0.25, 0.3) is 0 Å². The van der Waals surface area contributed by atoms with Crippen LogP contribution in [0.15, 0.2) is 41.0 Å². The third kappa shape index (κ3) is 2.37. The molecule has 1 heterocycles. The number of carbonyl (C=O) groups excluding carboxylic acids is 1. The number of carbonyl (C=O) groups is 1. The molecule has 0 aliphatic rings. The molecule has 0 spiro atoms. The molecule has 0 atom stereocenters. The normalized spacial score (nSPS) is 10.4. The number of aryl methyl sites for hydroxylation is 1. The van der Waals surface area contributed by atoms with Gasteiger partial charge in [-0.3, -0.25) is 4.79 Å². The Hall–Kier alpha value is -1.90. The average Bonchev–Trinajstić information content (AvgIpc) is 2.68. The summed E-state index contributed by atoms with van der Waals surface area (Å²) in [4.78, 5) is 11.8. The largest absolute Gasteiger partial charge is 0.469 e. The minimum atomic E-state index is -0.296. The number of benzene rings is 1. The highest BCUT2D eigenvalue weighted by Crippen LogP contribution is 2.11. The van der Waals surface area contributed by atoms with E-state index in [9.17, 15) is 9.18 Å². The maximum Gasteiger partial charge on any atom is 0.170 e. The van der Waals surface area contributed by atoms with E-state index in [1.54, 1.807) is 25.1 Å². The average molecular weight is 218 g/mol. The maximum absolute atomic E-state index is 12.7. The van der Waals surface area contributed by atoms with E-state index in [1.165, 1.54) is 18.4 Å². The first-order valence-corrected chi connectivity index (χ1v) is 4.98. The van der Waals surface area contributed by atoms with E-state index >= 15 is 0 Å². The molecule has 0 radical (unpaired) electrons. The van der Waals surface area contributed by atoms with E-state index in [0.717, 1.165) is 5.56 Å². The fraction of sp³-hybridized carbons (Fsp3) is 0.154. The zero-order chi connectivity index (χ0) is 11.5. The first-order chi connectivity index (χ1) is 7.65. The number of rotatable bonds is 3. The summed E-state index contributed by atoms with van der Waals surface area (Å²) in [7, 11) is 0. The lowest BCUT2D eigenvalue weighted by Gasteiger charge is -1.98. The van der Waals surface area contributed by atoms with Gasteiger partial charge in [0, 0.05) is 6.42 Å². The number of halogens is 1. The highest BCUT2D eigenvalue weighted by molar-refractivity contribution is 5.97. The molecule has 0 fully saturated rings. The Kier molecular flexibility index (Phi) is 2.86. The van der Waals surface area contributed by atoms with Crippen LogP contribution in [0, 0.1) is 12.7 Å². The highest BCUT2D eigenvalue weighted by atomic mass is 19.1. The summed E-state index contributed by atoms with van der Waals surface area (Å²) in [5.74, 6) is 0.390. The molecule has 0 aliphatic carbocycles. The molecule has 3 heteroatoms. The Morgan fingerprint density at radius 2 is 2.00 bits per heavy atom. The maximum atomic E-state index is 12.7. The van der Waals surface area contributed by atoms with E-state index in [-0.39, 0.29) is 18.0 Å². The third-order valence-electron chi connectivity index (χ3n) is 2.33. The molecule has 1 aromatic heterocycles. The van der Waals surface area contributed by atoms with Gasteiger partial charge in [-0.1, -0.05) is 12.1 Å². The number of ketones is 1. The standard InChI is InChI=1S/C13H11FO2/c1-9-6-11(8-16-9)13(15)7-10-2-4-12(14)5-3-10/h2-6,8H,7H2,1H3.